The third kappa shape index (κ3) is 13.2. The lowest BCUT2D eigenvalue weighted by Crippen LogP contribution is -2.50. The van der Waals surface area contributed by atoms with Crippen LogP contribution in [0.3, 0.4) is 0 Å². The van der Waals surface area contributed by atoms with Crippen molar-refractivity contribution < 1.29 is 19.2 Å². The highest BCUT2D eigenvalue weighted by atomic mass is 32.1. The predicted molar refractivity (Wildman–Crippen MR) is 283 cm³/mol. The Morgan fingerprint density at radius 1 is 0.515 bits per heavy atom. The quantitative estimate of drug-likeness (QED) is 0.112. The summed E-state index contributed by atoms with van der Waals surface area (Å²) in [5.74, 6) is 0.368. The highest BCUT2D eigenvalue weighted by Gasteiger charge is 2.24. The number of thiocarbonyl (C=S) groups is 2. The molecule has 0 atom stereocenters. The number of anilines is 4. The van der Waals surface area contributed by atoms with Crippen LogP contribution in [0.2, 0.25) is 0 Å². The first-order chi connectivity index (χ1) is 32.6. The van der Waals surface area contributed by atoms with Gasteiger partial charge in [-0.3, -0.25) is 19.2 Å². The van der Waals surface area contributed by atoms with E-state index < -0.39 is 0 Å². The second kappa shape index (κ2) is 23.5. The molecule has 0 unspecified atom stereocenters. The van der Waals surface area contributed by atoms with Crippen LogP contribution in [-0.2, 0) is 19.2 Å². The molecule has 6 N–H and O–H groups in total. The highest BCUT2D eigenvalue weighted by Crippen LogP contribution is 2.40. The van der Waals surface area contributed by atoms with Crippen LogP contribution in [-0.4, -0.2) is 192 Å². The van der Waals surface area contributed by atoms with Crippen molar-refractivity contribution in [1.82, 2.24) is 50.0 Å². The maximum atomic E-state index is 12.6. The van der Waals surface area contributed by atoms with E-state index in [9.17, 15) is 19.2 Å². The first-order valence-electron chi connectivity index (χ1n) is 23.5. The predicted octanol–water partition coefficient (Wildman–Crippen LogP) is 4.02. The molecule has 22 heteroatoms. The lowest BCUT2D eigenvalue weighted by atomic mass is 10.1. The number of amides is 4. The van der Waals surface area contributed by atoms with Crippen LogP contribution >= 0.6 is 47.1 Å². The second-order valence-electron chi connectivity index (χ2n) is 18.0. The number of rotatable bonds is 12. The monoisotopic (exact) mass is 1010 g/mol. The van der Waals surface area contributed by atoms with Crippen molar-refractivity contribution in [3.05, 3.63) is 34.4 Å². The minimum absolute atomic E-state index is 0.0499. The summed E-state index contributed by atoms with van der Waals surface area (Å²) in [7, 11) is 4.14. The number of thiazole rings is 2. The average Bonchev–Trinajstić information content (AvgIpc) is 4.18. The van der Waals surface area contributed by atoms with E-state index in [1.165, 1.54) is 0 Å². The van der Waals surface area contributed by atoms with Crippen LogP contribution in [0.15, 0.2) is 12.1 Å². The summed E-state index contributed by atoms with van der Waals surface area (Å²) in [6.45, 7) is 19.0. The molecule has 2 aromatic heterocycles. The van der Waals surface area contributed by atoms with Crippen molar-refractivity contribution in [2.24, 2.45) is 0 Å². The van der Waals surface area contributed by atoms with Gasteiger partial charge in [-0.05, 0) is 126 Å². The molecule has 2 aromatic carbocycles. The fraction of sp³-hybridized carbons (Fsp3) is 0.565. The Bertz CT molecular complexity index is 2430. The number of aromatic nitrogens is 2. The molecule has 4 aliphatic heterocycles. The van der Waals surface area contributed by atoms with Gasteiger partial charge in [0, 0.05) is 89.9 Å². The molecular formula is C46H66N14O4S4. The zero-order chi connectivity index (χ0) is 48.5. The van der Waals surface area contributed by atoms with Crippen LogP contribution in [0.4, 0.5) is 21.6 Å². The van der Waals surface area contributed by atoms with Gasteiger partial charge in [0.1, 0.15) is 0 Å². The molecule has 0 saturated carbocycles. The number of benzene rings is 2. The molecule has 4 aliphatic rings. The van der Waals surface area contributed by atoms with Crippen molar-refractivity contribution in [3.63, 3.8) is 0 Å². The number of carbonyl (C=O) groups excluding carboxylic acids is 4. The molecule has 4 saturated heterocycles. The van der Waals surface area contributed by atoms with Crippen LogP contribution in [0.1, 0.15) is 47.9 Å². The normalized spacial score (nSPS) is 16.7. The molecule has 4 amide bonds. The number of likely N-dealkylation sites (N-methyl/N-ethyl adjacent to an activating group) is 2. The molecule has 8 rings (SSSR count). The van der Waals surface area contributed by atoms with Gasteiger partial charge in [-0.1, -0.05) is 22.7 Å². The summed E-state index contributed by atoms with van der Waals surface area (Å²) in [6, 6.07) is 3.96. The van der Waals surface area contributed by atoms with Gasteiger partial charge in [-0.25, -0.2) is 9.97 Å². The van der Waals surface area contributed by atoms with Crippen molar-refractivity contribution in [3.8, 4) is 0 Å². The molecule has 18 nitrogen and oxygen atoms in total. The summed E-state index contributed by atoms with van der Waals surface area (Å²) < 4.78 is 2.18. The third-order valence-corrected chi connectivity index (χ3v) is 15.7. The summed E-state index contributed by atoms with van der Waals surface area (Å²) in [4.78, 5) is 71.2. The number of nitrogens with zero attached hydrogens (tertiary/aromatic N) is 8. The molecule has 4 fully saturated rings. The minimum atomic E-state index is 0.0499. The highest BCUT2D eigenvalue weighted by molar-refractivity contribution is 7.80. The Hall–Kier alpha value is -5.00. The number of fused-ring (bicyclic) bond motifs is 2. The molecule has 68 heavy (non-hydrogen) atoms. The summed E-state index contributed by atoms with van der Waals surface area (Å²) in [5, 5.41) is 21.2. The maximum absolute atomic E-state index is 12.6. The summed E-state index contributed by atoms with van der Waals surface area (Å²) in [6.07, 6.45) is 4.32. The number of carbonyl (C=O) groups is 4. The van der Waals surface area contributed by atoms with E-state index in [0.717, 1.165) is 169 Å². The number of likely N-dealkylation sites (tertiary alicyclic amines) is 2. The van der Waals surface area contributed by atoms with Crippen molar-refractivity contribution in [2.45, 2.75) is 53.4 Å². The van der Waals surface area contributed by atoms with Gasteiger partial charge >= 0.3 is 0 Å². The zero-order valence-corrected chi connectivity index (χ0v) is 43.4. The van der Waals surface area contributed by atoms with E-state index in [0.29, 0.717) is 10.2 Å². The Balaban J connectivity index is 0.000000201. The SMILES string of the molecule is Cc1c2nc(NCC(=O)N3CCN(C)CC3)sc2c(C)c2nc(NCC(=O)N3CCCC3)sc12.Cc1cc(NC(=S)NCC(=O)N2CCN(C)CC2)c(C)cc1NC(=S)NCC(=O)N1CCCC1. The number of hydrogen-bond donors (Lipinski definition) is 6. The van der Waals surface area contributed by atoms with Gasteiger partial charge in [-0.2, -0.15) is 0 Å². The standard InChI is InChI=1S/C23H31N7O2S2.C23H35N7O2S2/c1-14-18-20(33-22(26-18)24-12-16(31)29-6-4-5-7-29)15(2)19-21(14)34-23(27-19)25-13-17(32)30-10-8-28(3)9-11-30;1-16-13-19(27-23(34)25-15-21(32)30-10-8-28(3)9-11-30)17(2)12-18(16)26-22(33)24-14-20(31)29-6-4-5-7-29/h4-13H2,1-3H3,(H,24,26)(H,25,27);12-13H,4-11,14-15H2,1-3H3,(H2,24,26,33)(H2,25,27,34). The van der Waals surface area contributed by atoms with Crippen LogP contribution in [0.5, 0.6) is 0 Å². The lowest BCUT2D eigenvalue weighted by Gasteiger charge is -2.32. The molecule has 0 radical (unpaired) electrons. The first kappa shape index (κ1) is 50.9. The van der Waals surface area contributed by atoms with Crippen LogP contribution in [0, 0.1) is 27.7 Å². The molecule has 0 bridgehead atoms. The Kier molecular flexibility index (Phi) is 17.6. The zero-order valence-electron chi connectivity index (χ0n) is 40.1. The van der Waals surface area contributed by atoms with Crippen molar-refractivity contribution >= 4 is 123 Å². The van der Waals surface area contributed by atoms with Gasteiger partial charge < -0.3 is 61.3 Å². The van der Waals surface area contributed by atoms with Gasteiger partial charge in [0.25, 0.3) is 0 Å². The number of hydrogen-bond acceptors (Lipinski definition) is 14. The lowest BCUT2D eigenvalue weighted by molar-refractivity contribution is -0.132. The van der Waals surface area contributed by atoms with E-state index in [4.69, 9.17) is 34.4 Å². The second-order valence-corrected chi connectivity index (χ2v) is 20.8. The van der Waals surface area contributed by atoms with Crippen LogP contribution < -0.4 is 31.9 Å². The van der Waals surface area contributed by atoms with E-state index in [1.807, 2.05) is 45.6 Å². The molecule has 0 aliphatic carbocycles. The van der Waals surface area contributed by atoms with Crippen molar-refractivity contribution in [2.75, 3.05) is 140 Å². The summed E-state index contributed by atoms with van der Waals surface area (Å²) >= 11 is 13.9. The largest absolute Gasteiger partial charge is 0.353 e. The fourth-order valence-corrected chi connectivity index (χ4v) is 11.0. The van der Waals surface area contributed by atoms with E-state index >= 15 is 0 Å². The molecule has 6 heterocycles. The van der Waals surface area contributed by atoms with E-state index in [2.05, 4.69) is 69.6 Å². The number of aryl methyl sites for hydroxylation is 4. The number of piperazine rings is 2. The topological polar surface area (TPSA) is 186 Å². The fourth-order valence-electron chi connectivity index (χ4n) is 8.55. The molecule has 4 aromatic rings. The van der Waals surface area contributed by atoms with E-state index in [-0.39, 0.29) is 49.8 Å². The molecule has 368 valence electrons. The molecule has 0 spiro atoms. The van der Waals surface area contributed by atoms with Gasteiger partial charge in [0.2, 0.25) is 23.6 Å². The Morgan fingerprint density at radius 2 is 0.838 bits per heavy atom. The Labute approximate surface area is 417 Å². The summed E-state index contributed by atoms with van der Waals surface area (Å²) in [5.41, 5.74) is 7.73. The van der Waals surface area contributed by atoms with Gasteiger partial charge in [0.05, 0.1) is 46.6 Å². The Morgan fingerprint density at radius 3 is 1.19 bits per heavy atom. The minimum Gasteiger partial charge on any atom is -0.353 e. The van der Waals surface area contributed by atoms with Crippen molar-refractivity contribution in [1.29, 1.82) is 0 Å². The smallest absolute Gasteiger partial charge is 0.242 e. The maximum Gasteiger partial charge on any atom is 0.242 e. The number of nitrogens with one attached hydrogen (secondary N) is 6. The van der Waals surface area contributed by atoms with Gasteiger partial charge in [-0.15, -0.1) is 0 Å². The first-order valence-corrected chi connectivity index (χ1v) is 26.0. The van der Waals surface area contributed by atoms with Gasteiger partial charge in [0.15, 0.2) is 20.5 Å². The molecular weight excluding hydrogens is 941 g/mol. The van der Waals surface area contributed by atoms with E-state index in [1.54, 1.807) is 22.7 Å². The average molecular weight is 1010 g/mol. The third-order valence-electron chi connectivity index (χ3n) is 12.9. The van der Waals surface area contributed by atoms with Crippen LogP contribution in [0.25, 0.3) is 20.4 Å².